The average Bonchev–Trinajstić information content (AvgIpc) is 3.36. The molecule has 4 saturated carbocycles. The van der Waals surface area contributed by atoms with Gasteiger partial charge in [0.2, 0.25) is 0 Å². The molecule has 4 aliphatic rings. The van der Waals surface area contributed by atoms with Gasteiger partial charge in [-0.2, -0.15) is 10.4 Å². The van der Waals surface area contributed by atoms with E-state index >= 15 is 0 Å². The fraction of sp³-hybridized carbons (Fsp3) is 0.808. The summed E-state index contributed by atoms with van der Waals surface area (Å²) in [5.74, 6) is 4.71. The monoisotopic (exact) mass is 422 g/mol. The van der Waals surface area contributed by atoms with E-state index in [9.17, 15) is 4.79 Å². The zero-order valence-corrected chi connectivity index (χ0v) is 19.4. The summed E-state index contributed by atoms with van der Waals surface area (Å²) in [6, 6.07) is 2.11. The maximum Gasteiger partial charge on any atom is 0.157 e. The summed E-state index contributed by atoms with van der Waals surface area (Å²) >= 11 is 0. The molecule has 2 unspecified atom stereocenters. The molecule has 0 radical (unpaired) electrons. The largest absolute Gasteiger partial charge is 0.315 e. The average molecular weight is 423 g/mol. The third kappa shape index (κ3) is 3.46. The summed E-state index contributed by atoms with van der Waals surface area (Å²) in [6.45, 7) is 5.16. The van der Waals surface area contributed by atoms with Gasteiger partial charge in [0.15, 0.2) is 5.78 Å². The normalized spacial score (nSPS) is 44.1. The first-order chi connectivity index (χ1) is 14.9. The third-order valence-electron chi connectivity index (χ3n) is 10.3. The Morgan fingerprint density at radius 2 is 1.97 bits per heavy atom. The van der Waals surface area contributed by atoms with Gasteiger partial charge in [-0.25, -0.2) is 0 Å². The number of rotatable bonds is 4. The summed E-state index contributed by atoms with van der Waals surface area (Å²) in [4.78, 5) is 13.3. The first-order valence-corrected chi connectivity index (χ1v) is 12.5. The summed E-state index contributed by atoms with van der Waals surface area (Å²) in [5.41, 5.74) is 1.02. The van der Waals surface area contributed by atoms with Crippen molar-refractivity contribution in [1.82, 2.24) is 15.1 Å². The molecule has 5 rings (SSSR count). The zero-order chi connectivity index (χ0) is 21.8. The van der Waals surface area contributed by atoms with Crippen LogP contribution in [0.4, 0.5) is 0 Å². The second-order valence-electron chi connectivity index (χ2n) is 11.7. The van der Waals surface area contributed by atoms with Gasteiger partial charge in [-0.05, 0) is 107 Å². The SMILES string of the molecule is CN[C@]1(C)CC[C@H]2C(CC[C@@H]3C2CC[C@]2(C)[C@@H](C(=O)Cn4cc(C#N)cn4)CC[C@@H]32)C1. The smallest absolute Gasteiger partial charge is 0.157 e. The first kappa shape index (κ1) is 21.2. The van der Waals surface area contributed by atoms with E-state index in [1.54, 1.807) is 17.1 Å². The van der Waals surface area contributed by atoms with E-state index in [2.05, 4.69) is 37.4 Å². The van der Waals surface area contributed by atoms with E-state index in [1.807, 2.05) is 0 Å². The predicted molar refractivity (Wildman–Crippen MR) is 120 cm³/mol. The predicted octanol–water partition coefficient (Wildman–Crippen LogP) is 4.57. The van der Waals surface area contributed by atoms with Crippen molar-refractivity contribution in [3.05, 3.63) is 18.0 Å². The highest BCUT2D eigenvalue weighted by molar-refractivity contribution is 5.82. The third-order valence-corrected chi connectivity index (χ3v) is 10.3. The Kier molecular flexibility index (Phi) is 5.28. The lowest BCUT2D eigenvalue weighted by Crippen LogP contribution is -2.53. The van der Waals surface area contributed by atoms with Crippen molar-refractivity contribution in [2.45, 2.75) is 83.7 Å². The number of fused-ring (bicyclic) bond motifs is 5. The summed E-state index contributed by atoms with van der Waals surface area (Å²) < 4.78 is 1.66. The van der Waals surface area contributed by atoms with E-state index in [4.69, 9.17) is 5.26 Å². The van der Waals surface area contributed by atoms with Gasteiger partial charge in [-0.3, -0.25) is 9.48 Å². The Bertz CT molecular complexity index is 886. The minimum atomic E-state index is 0.157. The molecule has 1 aromatic rings. The lowest BCUT2D eigenvalue weighted by molar-refractivity contribution is -0.131. The maximum atomic E-state index is 13.3. The van der Waals surface area contributed by atoms with E-state index in [1.165, 1.54) is 51.4 Å². The molecule has 1 heterocycles. The van der Waals surface area contributed by atoms with Crippen molar-refractivity contribution >= 4 is 5.78 Å². The summed E-state index contributed by atoms with van der Waals surface area (Å²) in [7, 11) is 2.14. The minimum absolute atomic E-state index is 0.157. The minimum Gasteiger partial charge on any atom is -0.315 e. The van der Waals surface area contributed by atoms with Crippen molar-refractivity contribution in [3.8, 4) is 6.07 Å². The van der Waals surface area contributed by atoms with Crippen LogP contribution in [0.2, 0.25) is 0 Å². The summed E-state index contributed by atoms with van der Waals surface area (Å²) in [5, 5.41) is 16.9. The Morgan fingerprint density at radius 1 is 1.16 bits per heavy atom. The molecule has 1 aromatic heterocycles. The van der Waals surface area contributed by atoms with Crippen LogP contribution in [-0.4, -0.2) is 28.2 Å². The molecule has 0 spiro atoms. The fourth-order valence-electron chi connectivity index (χ4n) is 8.64. The first-order valence-electron chi connectivity index (χ1n) is 12.5. The number of Topliss-reactive ketones (excluding diaryl/α,β-unsaturated/α-hetero) is 1. The van der Waals surface area contributed by atoms with E-state index in [-0.39, 0.29) is 11.3 Å². The standard InChI is InChI=1S/C26H38N4O/c1-25(28-3)10-8-19-18(12-25)4-5-21-20(19)9-11-26(2)22(21)6-7-23(26)24(31)16-30-15-17(13-27)14-29-30/h14-15,18-23,28H,4-12,16H2,1-3H3/t18?,19-,20?,21+,22-,23+,25+,26-/m0/s1. The summed E-state index contributed by atoms with van der Waals surface area (Å²) in [6.07, 6.45) is 14.9. The molecule has 0 saturated heterocycles. The van der Waals surface area contributed by atoms with Crippen LogP contribution in [0.3, 0.4) is 0 Å². The number of ketones is 1. The van der Waals surface area contributed by atoms with Crippen molar-refractivity contribution in [2.75, 3.05) is 7.05 Å². The number of carbonyl (C=O) groups excluding carboxylic acids is 1. The second kappa shape index (κ2) is 7.73. The van der Waals surface area contributed by atoms with E-state index in [0.29, 0.717) is 29.3 Å². The molecule has 5 heteroatoms. The lowest BCUT2D eigenvalue weighted by atomic mass is 9.48. The van der Waals surface area contributed by atoms with Crippen LogP contribution in [0.1, 0.15) is 77.2 Å². The highest BCUT2D eigenvalue weighted by Crippen LogP contribution is 2.64. The van der Waals surface area contributed by atoms with Gasteiger partial charge in [0.1, 0.15) is 6.07 Å². The van der Waals surface area contributed by atoms with Crippen molar-refractivity contribution in [3.63, 3.8) is 0 Å². The maximum absolute atomic E-state index is 13.3. The number of nitrogens with zero attached hydrogens (tertiary/aromatic N) is 3. The van der Waals surface area contributed by atoms with Crippen molar-refractivity contribution in [2.24, 2.45) is 40.9 Å². The van der Waals surface area contributed by atoms with E-state index < -0.39 is 0 Å². The van der Waals surface area contributed by atoms with Gasteiger partial charge in [-0.1, -0.05) is 6.92 Å². The molecule has 0 bridgehead atoms. The van der Waals surface area contributed by atoms with Crippen LogP contribution in [0.25, 0.3) is 0 Å². The number of aromatic nitrogens is 2. The van der Waals surface area contributed by atoms with Gasteiger partial charge in [0, 0.05) is 17.7 Å². The van der Waals surface area contributed by atoms with Gasteiger partial charge >= 0.3 is 0 Å². The highest BCUT2D eigenvalue weighted by Gasteiger charge is 2.58. The molecule has 0 aliphatic heterocycles. The second-order valence-corrected chi connectivity index (χ2v) is 11.7. The Labute approximate surface area is 187 Å². The van der Waals surface area contributed by atoms with E-state index in [0.717, 1.165) is 30.1 Å². The van der Waals surface area contributed by atoms with Crippen LogP contribution >= 0.6 is 0 Å². The van der Waals surface area contributed by atoms with Crippen LogP contribution in [0.5, 0.6) is 0 Å². The van der Waals surface area contributed by atoms with Crippen LogP contribution in [0.15, 0.2) is 12.4 Å². The zero-order valence-electron chi connectivity index (χ0n) is 19.4. The van der Waals surface area contributed by atoms with Gasteiger partial charge in [-0.15, -0.1) is 0 Å². The quantitative estimate of drug-likeness (QED) is 0.771. The molecule has 5 nitrogen and oxygen atoms in total. The molecule has 0 aromatic carbocycles. The van der Waals surface area contributed by atoms with Crippen LogP contribution in [0, 0.1) is 52.3 Å². The van der Waals surface area contributed by atoms with Gasteiger partial charge in [0.25, 0.3) is 0 Å². The van der Waals surface area contributed by atoms with Crippen molar-refractivity contribution < 1.29 is 4.79 Å². The Morgan fingerprint density at radius 3 is 2.71 bits per heavy atom. The molecule has 168 valence electrons. The van der Waals surface area contributed by atoms with Crippen LogP contribution < -0.4 is 5.32 Å². The number of hydrogen-bond donors (Lipinski definition) is 1. The van der Waals surface area contributed by atoms with Crippen LogP contribution in [-0.2, 0) is 11.3 Å². The molecule has 1 N–H and O–H groups in total. The number of carbonyl (C=O) groups is 1. The Hall–Kier alpha value is -1.67. The molecule has 4 aliphatic carbocycles. The van der Waals surface area contributed by atoms with Gasteiger partial charge < -0.3 is 5.32 Å². The molecular formula is C26H38N4O. The molecular weight excluding hydrogens is 384 g/mol. The lowest BCUT2D eigenvalue weighted by Gasteiger charge is -2.57. The van der Waals surface area contributed by atoms with Gasteiger partial charge in [0.05, 0.1) is 18.3 Å². The molecule has 0 amide bonds. The molecule has 4 fully saturated rings. The van der Waals surface area contributed by atoms with Crippen molar-refractivity contribution in [1.29, 1.82) is 5.26 Å². The topological polar surface area (TPSA) is 70.7 Å². The number of nitrogens with one attached hydrogen (secondary N) is 1. The Balaban J connectivity index is 1.29. The number of nitriles is 1. The molecule has 8 atom stereocenters. The highest BCUT2D eigenvalue weighted by atomic mass is 16.1. The fourth-order valence-corrected chi connectivity index (χ4v) is 8.64. The number of hydrogen-bond acceptors (Lipinski definition) is 4. The molecule has 31 heavy (non-hydrogen) atoms.